The number of hydrogen-bond acceptors (Lipinski definition) is 3. The van der Waals surface area contributed by atoms with E-state index in [9.17, 15) is 13.5 Å². The van der Waals surface area contributed by atoms with Crippen LogP contribution in [0.15, 0.2) is 0 Å². The van der Waals surface area contributed by atoms with Crippen molar-refractivity contribution in [2.75, 3.05) is 12.3 Å². The van der Waals surface area contributed by atoms with Crippen LogP contribution in [0.2, 0.25) is 0 Å². The summed E-state index contributed by atoms with van der Waals surface area (Å²) in [6, 6.07) is 0. The highest BCUT2D eigenvalue weighted by molar-refractivity contribution is 7.89. The first-order valence-electron chi connectivity index (χ1n) is 6.83. The minimum Gasteiger partial charge on any atom is -0.393 e. The molecule has 0 saturated heterocycles. The van der Waals surface area contributed by atoms with Crippen LogP contribution in [0, 0.1) is 11.3 Å². The molecule has 0 aromatic carbocycles. The molecule has 108 valence electrons. The standard InChI is InChI=1S/C13H27NO3S/c1-13(2,3)8-9-18(16,17)14-10-11-4-6-12(15)7-5-11/h11-12,14-15H,4-10H2,1-3H3. The molecule has 0 atom stereocenters. The third kappa shape index (κ3) is 6.71. The fourth-order valence-corrected chi connectivity index (χ4v) is 3.62. The maximum absolute atomic E-state index is 11.8. The first-order chi connectivity index (χ1) is 8.18. The molecule has 4 nitrogen and oxygen atoms in total. The molecule has 0 spiro atoms. The third-order valence-electron chi connectivity index (χ3n) is 3.53. The van der Waals surface area contributed by atoms with Crippen molar-refractivity contribution >= 4 is 10.0 Å². The van der Waals surface area contributed by atoms with E-state index in [-0.39, 0.29) is 17.3 Å². The molecule has 1 aliphatic carbocycles. The van der Waals surface area contributed by atoms with Gasteiger partial charge in [-0.25, -0.2) is 13.1 Å². The van der Waals surface area contributed by atoms with Crippen molar-refractivity contribution in [1.82, 2.24) is 4.72 Å². The number of sulfonamides is 1. The van der Waals surface area contributed by atoms with Crippen LogP contribution in [0.25, 0.3) is 0 Å². The second-order valence-corrected chi connectivity index (χ2v) is 8.58. The highest BCUT2D eigenvalue weighted by Gasteiger charge is 2.22. The lowest BCUT2D eigenvalue weighted by atomic mass is 9.88. The summed E-state index contributed by atoms with van der Waals surface area (Å²) in [4.78, 5) is 0. The van der Waals surface area contributed by atoms with Gasteiger partial charge in [0.25, 0.3) is 0 Å². The van der Waals surface area contributed by atoms with Crippen molar-refractivity contribution in [3.63, 3.8) is 0 Å². The van der Waals surface area contributed by atoms with Crippen molar-refractivity contribution in [2.45, 2.75) is 59.0 Å². The number of nitrogens with one attached hydrogen (secondary N) is 1. The molecule has 0 radical (unpaired) electrons. The Morgan fingerprint density at radius 1 is 1.17 bits per heavy atom. The summed E-state index contributed by atoms with van der Waals surface area (Å²) >= 11 is 0. The molecule has 0 unspecified atom stereocenters. The summed E-state index contributed by atoms with van der Waals surface area (Å²) in [7, 11) is -3.14. The Labute approximate surface area is 111 Å². The number of hydrogen-bond donors (Lipinski definition) is 2. The van der Waals surface area contributed by atoms with Gasteiger partial charge in [0.05, 0.1) is 11.9 Å². The van der Waals surface area contributed by atoms with Gasteiger partial charge in [0.1, 0.15) is 0 Å². The zero-order chi connectivity index (χ0) is 13.8. The minimum absolute atomic E-state index is 0.0453. The summed E-state index contributed by atoms with van der Waals surface area (Å²) in [5.41, 5.74) is 0.0453. The normalized spacial score (nSPS) is 26.2. The first kappa shape index (κ1) is 15.9. The lowest BCUT2D eigenvalue weighted by Crippen LogP contribution is -2.34. The Morgan fingerprint density at radius 3 is 2.22 bits per heavy atom. The van der Waals surface area contributed by atoms with Gasteiger partial charge in [-0.1, -0.05) is 20.8 Å². The van der Waals surface area contributed by atoms with Gasteiger partial charge in [-0.3, -0.25) is 0 Å². The highest BCUT2D eigenvalue weighted by atomic mass is 32.2. The largest absolute Gasteiger partial charge is 0.393 e. The van der Waals surface area contributed by atoms with Crippen LogP contribution in [0.3, 0.4) is 0 Å². The van der Waals surface area contributed by atoms with Crippen LogP contribution in [0.4, 0.5) is 0 Å². The van der Waals surface area contributed by atoms with Gasteiger partial charge in [0.2, 0.25) is 10.0 Å². The average Bonchev–Trinajstić information content (AvgIpc) is 2.25. The second kappa shape index (κ2) is 6.35. The van der Waals surface area contributed by atoms with Gasteiger partial charge in [0, 0.05) is 6.54 Å². The molecule has 1 aliphatic rings. The summed E-state index contributed by atoms with van der Waals surface area (Å²) in [5, 5.41) is 9.39. The van der Waals surface area contributed by atoms with E-state index in [1.165, 1.54) is 0 Å². The molecule has 18 heavy (non-hydrogen) atoms. The molecule has 1 fully saturated rings. The van der Waals surface area contributed by atoms with Crippen molar-refractivity contribution in [3.8, 4) is 0 Å². The molecule has 5 heteroatoms. The Bertz CT molecular complexity index is 338. The molecular weight excluding hydrogens is 250 g/mol. The van der Waals surface area contributed by atoms with Crippen molar-refractivity contribution < 1.29 is 13.5 Å². The third-order valence-corrected chi connectivity index (χ3v) is 4.88. The fraction of sp³-hybridized carbons (Fsp3) is 1.00. The predicted octanol–water partition coefficient (Wildman–Crippen LogP) is 1.89. The van der Waals surface area contributed by atoms with Crippen LogP contribution in [0.1, 0.15) is 52.9 Å². The lowest BCUT2D eigenvalue weighted by molar-refractivity contribution is 0.109. The monoisotopic (exact) mass is 277 g/mol. The van der Waals surface area contributed by atoms with E-state index >= 15 is 0 Å². The average molecular weight is 277 g/mol. The SMILES string of the molecule is CC(C)(C)CCS(=O)(=O)NCC1CCC(O)CC1. The van der Waals surface area contributed by atoms with Crippen LogP contribution in [-0.2, 0) is 10.0 Å². The number of aliphatic hydroxyl groups is 1. The Balaban J connectivity index is 2.29. The zero-order valence-corrected chi connectivity index (χ0v) is 12.6. The molecule has 2 N–H and O–H groups in total. The molecule has 0 amide bonds. The Kier molecular flexibility index (Phi) is 5.62. The molecular formula is C13H27NO3S. The fourth-order valence-electron chi connectivity index (χ4n) is 2.11. The van der Waals surface area contributed by atoms with Gasteiger partial charge >= 0.3 is 0 Å². The van der Waals surface area contributed by atoms with Crippen molar-refractivity contribution in [2.24, 2.45) is 11.3 Å². The van der Waals surface area contributed by atoms with E-state index < -0.39 is 10.0 Å². The molecule has 0 aliphatic heterocycles. The van der Waals surface area contributed by atoms with E-state index in [1.54, 1.807) is 0 Å². The Hall–Kier alpha value is -0.130. The maximum atomic E-state index is 11.8. The molecule has 0 bridgehead atoms. The van der Waals surface area contributed by atoms with Gasteiger partial charge in [-0.15, -0.1) is 0 Å². The molecule has 1 rings (SSSR count). The molecule has 0 heterocycles. The summed E-state index contributed by atoms with van der Waals surface area (Å²) < 4.78 is 26.4. The van der Waals surface area contributed by atoms with Crippen molar-refractivity contribution in [3.05, 3.63) is 0 Å². The van der Waals surface area contributed by atoms with Gasteiger partial charge in [-0.2, -0.15) is 0 Å². The van der Waals surface area contributed by atoms with Crippen molar-refractivity contribution in [1.29, 1.82) is 0 Å². The highest BCUT2D eigenvalue weighted by Crippen LogP contribution is 2.24. The maximum Gasteiger partial charge on any atom is 0.211 e. The summed E-state index contributed by atoms with van der Waals surface area (Å²) in [5.74, 6) is 0.587. The first-order valence-corrected chi connectivity index (χ1v) is 8.48. The molecule has 1 saturated carbocycles. The van der Waals surface area contributed by atoms with Crippen LogP contribution < -0.4 is 4.72 Å². The molecule has 0 aromatic heterocycles. The van der Waals surface area contributed by atoms with E-state index in [4.69, 9.17) is 0 Å². The van der Waals surface area contributed by atoms with E-state index in [1.807, 2.05) is 20.8 Å². The number of rotatable bonds is 5. The van der Waals surface area contributed by atoms with E-state index in [0.29, 0.717) is 18.9 Å². The number of aliphatic hydroxyl groups excluding tert-OH is 1. The molecule has 0 aromatic rings. The Morgan fingerprint density at radius 2 is 1.72 bits per heavy atom. The van der Waals surface area contributed by atoms with Gasteiger partial charge in [-0.05, 0) is 43.4 Å². The van der Waals surface area contributed by atoms with E-state index in [2.05, 4.69) is 4.72 Å². The quantitative estimate of drug-likeness (QED) is 0.806. The van der Waals surface area contributed by atoms with Crippen LogP contribution in [-0.4, -0.2) is 31.9 Å². The zero-order valence-electron chi connectivity index (χ0n) is 11.8. The smallest absolute Gasteiger partial charge is 0.211 e. The van der Waals surface area contributed by atoms with Gasteiger partial charge < -0.3 is 5.11 Å². The van der Waals surface area contributed by atoms with Crippen LogP contribution in [0.5, 0.6) is 0 Å². The summed E-state index contributed by atoms with van der Waals surface area (Å²) in [6.45, 7) is 6.67. The van der Waals surface area contributed by atoms with Gasteiger partial charge in [0.15, 0.2) is 0 Å². The second-order valence-electron chi connectivity index (χ2n) is 6.65. The van der Waals surface area contributed by atoms with Crippen LogP contribution >= 0.6 is 0 Å². The topological polar surface area (TPSA) is 66.4 Å². The minimum atomic E-state index is -3.14. The van der Waals surface area contributed by atoms with E-state index in [0.717, 1.165) is 25.7 Å². The predicted molar refractivity (Wildman–Crippen MR) is 73.8 cm³/mol. The lowest BCUT2D eigenvalue weighted by Gasteiger charge is -2.25. The summed E-state index contributed by atoms with van der Waals surface area (Å²) in [6.07, 6.45) is 3.93.